The first-order valence-corrected chi connectivity index (χ1v) is 12.9. The van der Waals surface area contributed by atoms with Gasteiger partial charge in [0.1, 0.15) is 5.82 Å². The summed E-state index contributed by atoms with van der Waals surface area (Å²) in [5.41, 5.74) is 5.12. The molecule has 0 spiro atoms. The molecular weight excluding hydrogens is 450 g/mol. The fourth-order valence-electron chi connectivity index (χ4n) is 4.73. The van der Waals surface area contributed by atoms with Crippen molar-refractivity contribution in [2.75, 3.05) is 19.1 Å². The van der Waals surface area contributed by atoms with Gasteiger partial charge in [0.25, 0.3) is 0 Å². The second-order valence-electron chi connectivity index (χ2n) is 9.01. The molecule has 0 amide bonds. The maximum absolute atomic E-state index is 12.1. The number of rotatable bonds is 7. The number of aromatic nitrogens is 4. The van der Waals surface area contributed by atoms with Crippen LogP contribution in [0.1, 0.15) is 74.2 Å². The molecule has 1 fully saturated rings. The van der Waals surface area contributed by atoms with Gasteiger partial charge in [-0.3, -0.25) is 9.36 Å². The van der Waals surface area contributed by atoms with Crippen molar-refractivity contribution in [2.24, 2.45) is 0 Å². The van der Waals surface area contributed by atoms with Crippen molar-refractivity contribution in [3.63, 3.8) is 0 Å². The minimum atomic E-state index is 0.414. The first kappa shape index (κ1) is 27.1. The van der Waals surface area contributed by atoms with Gasteiger partial charge in [-0.25, -0.2) is 9.97 Å². The van der Waals surface area contributed by atoms with Gasteiger partial charge in [-0.15, -0.1) is 0 Å². The molecule has 7 nitrogen and oxygen atoms in total. The van der Waals surface area contributed by atoms with Crippen molar-refractivity contribution in [3.8, 4) is 11.8 Å². The van der Waals surface area contributed by atoms with Crippen LogP contribution in [-0.2, 0) is 4.79 Å². The molecule has 0 aliphatic heterocycles. The number of ether oxygens (including phenoxy) is 1. The second kappa shape index (κ2) is 12.5. The molecular formula is C29H39N5O2. The molecule has 1 saturated carbocycles. The van der Waals surface area contributed by atoms with E-state index < -0.39 is 0 Å². The van der Waals surface area contributed by atoms with Gasteiger partial charge in [-0.2, -0.15) is 4.98 Å². The van der Waals surface area contributed by atoms with Gasteiger partial charge < -0.3 is 9.64 Å². The quantitative estimate of drug-likeness (QED) is 0.294. The Hall–Kier alpha value is -3.48. The highest BCUT2D eigenvalue weighted by molar-refractivity contribution is 6.14. The standard InChI is InChI=1S/C27H33N5O2.C2H6/c1-18-11-12-19(2)32(18)27-29-20(3)24(26(30-27)31(4)23-9-7-6-8-10-23)15-22(17-33)21-13-14-25(34-5)28-16-21;1-2/h11-17,23H,6-10H2,1-5H3;1-2H3/b22-15+;. The molecule has 0 saturated heterocycles. The number of allylic oxidation sites excluding steroid dienone is 1. The molecule has 192 valence electrons. The molecule has 3 aromatic heterocycles. The van der Waals surface area contributed by atoms with Crippen molar-refractivity contribution < 1.29 is 9.53 Å². The van der Waals surface area contributed by atoms with Crippen LogP contribution < -0.4 is 9.64 Å². The fourth-order valence-corrected chi connectivity index (χ4v) is 4.73. The van der Waals surface area contributed by atoms with Crippen LogP contribution in [-0.4, -0.2) is 46.0 Å². The topological polar surface area (TPSA) is 73.1 Å². The minimum absolute atomic E-state index is 0.414. The van der Waals surface area contributed by atoms with Crippen molar-refractivity contribution in [1.29, 1.82) is 0 Å². The summed E-state index contributed by atoms with van der Waals surface area (Å²) in [6.07, 6.45) is 10.4. The van der Waals surface area contributed by atoms with Crippen molar-refractivity contribution in [1.82, 2.24) is 19.5 Å². The molecule has 1 aliphatic carbocycles. The van der Waals surface area contributed by atoms with Crippen LogP contribution in [0.15, 0.2) is 30.5 Å². The Morgan fingerprint density at radius 2 is 1.69 bits per heavy atom. The van der Waals surface area contributed by atoms with Gasteiger partial charge in [0.2, 0.25) is 11.8 Å². The lowest BCUT2D eigenvalue weighted by molar-refractivity contribution is -0.103. The zero-order valence-electron chi connectivity index (χ0n) is 22.7. The van der Waals surface area contributed by atoms with E-state index in [0.29, 0.717) is 23.4 Å². The third-order valence-corrected chi connectivity index (χ3v) is 6.74. The highest BCUT2D eigenvalue weighted by Gasteiger charge is 2.24. The van der Waals surface area contributed by atoms with Crippen LogP contribution in [0.25, 0.3) is 17.6 Å². The van der Waals surface area contributed by atoms with Crippen LogP contribution in [0.5, 0.6) is 5.88 Å². The van der Waals surface area contributed by atoms with E-state index in [1.807, 2.05) is 32.9 Å². The Balaban J connectivity index is 0.00000176. The minimum Gasteiger partial charge on any atom is -0.481 e. The van der Waals surface area contributed by atoms with E-state index in [1.165, 1.54) is 19.3 Å². The van der Waals surface area contributed by atoms with Gasteiger partial charge in [-0.05, 0) is 57.9 Å². The summed E-state index contributed by atoms with van der Waals surface area (Å²) in [4.78, 5) is 28.6. The van der Waals surface area contributed by atoms with E-state index in [0.717, 1.165) is 53.2 Å². The maximum atomic E-state index is 12.1. The smallest absolute Gasteiger partial charge is 0.236 e. The van der Waals surface area contributed by atoms with Crippen LogP contribution in [0, 0.1) is 20.8 Å². The fraction of sp³-hybridized carbons (Fsp3) is 0.448. The number of methoxy groups -OCH3 is 1. The summed E-state index contributed by atoms with van der Waals surface area (Å²) in [5, 5.41) is 0. The Kier molecular flexibility index (Phi) is 9.39. The number of carbonyl (C=O) groups is 1. The molecule has 1 aliphatic rings. The van der Waals surface area contributed by atoms with Gasteiger partial charge in [0.05, 0.1) is 12.8 Å². The zero-order chi connectivity index (χ0) is 26.2. The van der Waals surface area contributed by atoms with E-state index in [9.17, 15) is 4.79 Å². The third-order valence-electron chi connectivity index (χ3n) is 6.74. The number of aryl methyl sites for hydroxylation is 3. The monoisotopic (exact) mass is 489 g/mol. The first-order chi connectivity index (χ1) is 17.4. The van der Waals surface area contributed by atoms with Crippen LogP contribution >= 0.6 is 0 Å². The lowest BCUT2D eigenvalue weighted by Crippen LogP contribution is -2.35. The molecule has 0 radical (unpaired) electrons. The summed E-state index contributed by atoms with van der Waals surface area (Å²) < 4.78 is 7.23. The Morgan fingerprint density at radius 3 is 2.25 bits per heavy atom. The lowest BCUT2D eigenvalue weighted by Gasteiger charge is -2.33. The Morgan fingerprint density at radius 1 is 1.03 bits per heavy atom. The lowest BCUT2D eigenvalue weighted by atomic mass is 9.94. The molecule has 3 aromatic rings. The van der Waals surface area contributed by atoms with Crippen molar-refractivity contribution in [2.45, 2.75) is 72.8 Å². The number of hydrogen-bond donors (Lipinski definition) is 0. The summed E-state index contributed by atoms with van der Waals surface area (Å²) in [6, 6.07) is 8.16. The normalized spacial score (nSPS) is 14.1. The Labute approximate surface area is 215 Å². The molecule has 0 N–H and O–H groups in total. The predicted molar refractivity (Wildman–Crippen MR) is 147 cm³/mol. The predicted octanol–water partition coefficient (Wildman–Crippen LogP) is 6.13. The van der Waals surface area contributed by atoms with Gasteiger partial charge in [-0.1, -0.05) is 33.1 Å². The number of hydrogen-bond acceptors (Lipinski definition) is 6. The first-order valence-electron chi connectivity index (χ1n) is 12.9. The maximum Gasteiger partial charge on any atom is 0.236 e. The van der Waals surface area contributed by atoms with Crippen molar-refractivity contribution in [3.05, 3.63) is 58.7 Å². The SMILES string of the molecule is CC.COc1ccc(/C(C=O)=C/c2c(C)nc(-n3c(C)ccc3C)nc2N(C)C2CCCCC2)cn1. The van der Waals surface area contributed by atoms with Crippen LogP contribution in [0.4, 0.5) is 5.82 Å². The van der Waals surface area contributed by atoms with E-state index in [2.05, 4.69) is 47.5 Å². The van der Waals surface area contributed by atoms with Crippen LogP contribution in [0.2, 0.25) is 0 Å². The Bertz CT molecular complexity index is 1170. The number of pyridine rings is 1. The summed E-state index contributed by atoms with van der Waals surface area (Å²) in [6.45, 7) is 10.1. The zero-order valence-corrected chi connectivity index (χ0v) is 22.7. The molecule has 36 heavy (non-hydrogen) atoms. The summed E-state index contributed by atoms with van der Waals surface area (Å²) in [7, 11) is 3.69. The highest BCUT2D eigenvalue weighted by Crippen LogP contribution is 2.32. The molecule has 0 aromatic carbocycles. The molecule has 0 unspecified atom stereocenters. The molecule has 7 heteroatoms. The third kappa shape index (κ3) is 5.83. The molecule has 0 bridgehead atoms. The van der Waals surface area contributed by atoms with Gasteiger partial charge in [0, 0.05) is 53.4 Å². The average Bonchev–Trinajstić information content (AvgIpc) is 3.26. The number of carbonyl (C=O) groups excluding carboxylic acids is 1. The van der Waals surface area contributed by atoms with E-state index >= 15 is 0 Å². The highest BCUT2D eigenvalue weighted by atomic mass is 16.5. The number of anilines is 1. The van der Waals surface area contributed by atoms with E-state index in [1.54, 1.807) is 19.4 Å². The molecule has 0 atom stereocenters. The summed E-state index contributed by atoms with van der Waals surface area (Å²) in [5.74, 6) is 2.02. The second-order valence-corrected chi connectivity index (χ2v) is 9.01. The van der Waals surface area contributed by atoms with E-state index in [4.69, 9.17) is 14.7 Å². The van der Waals surface area contributed by atoms with Gasteiger partial charge >= 0.3 is 0 Å². The van der Waals surface area contributed by atoms with E-state index in [-0.39, 0.29) is 0 Å². The number of nitrogens with zero attached hydrogens (tertiary/aromatic N) is 5. The molecule has 3 heterocycles. The number of aldehydes is 1. The van der Waals surface area contributed by atoms with Crippen molar-refractivity contribution >= 4 is 23.8 Å². The van der Waals surface area contributed by atoms with Gasteiger partial charge in [0.15, 0.2) is 6.29 Å². The largest absolute Gasteiger partial charge is 0.481 e. The summed E-state index contributed by atoms with van der Waals surface area (Å²) >= 11 is 0. The van der Waals surface area contributed by atoms with Crippen LogP contribution in [0.3, 0.4) is 0 Å². The average molecular weight is 490 g/mol. The molecule has 4 rings (SSSR count).